The highest BCUT2D eigenvalue weighted by molar-refractivity contribution is 14.1. The number of benzene rings is 1. The van der Waals surface area contributed by atoms with Gasteiger partial charge in [-0.15, -0.1) is 0 Å². The number of hydrogen-bond donors (Lipinski definition) is 0. The quantitative estimate of drug-likeness (QED) is 0.725. The number of amides is 1. The van der Waals surface area contributed by atoms with E-state index in [1.54, 1.807) is 0 Å². The van der Waals surface area contributed by atoms with E-state index in [0.29, 0.717) is 0 Å². The van der Waals surface area contributed by atoms with Gasteiger partial charge in [-0.05, 0) is 60.9 Å². The van der Waals surface area contributed by atoms with Gasteiger partial charge < -0.3 is 4.90 Å². The van der Waals surface area contributed by atoms with Crippen LogP contribution in [0.25, 0.3) is 0 Å². The van der Waals surface area contributed by atoms with Gasteiger partial charge in [-0.3, -0.25) is 4.79 Å². The molecule has 1 aromatic carbocycles. The van der Waals surface area contributed by atoms with Crippen LogP contribution in [0.1, 0.15) is 35.2 Å². The first-order chi connectivity index (χ1) is 7.68. The molecule has 0 saturated carbocycles. The molecule has 1 heterocycles. The fraction of sp³-hybridized carbons (Fsp3) is 0.462. The van der Waals surface area contributed by atoms with Gasteiger partial charge in [0.2, 0.25) is 0 Å². The SMILES string of the molecule is Cc1ccc(C(=O)N2CCCCC2)c(I)c1. The van der Waals surface area contributed by atoms with Crippen LogP contribution in [-0.4, -0.2) is 23.9 Å². The van der Waals surface area contributed by atoms with Crippen LogP contribution in [0.4, 0.5) is 0 Å². The molecule has 0 radical (unpaired) electrons. The first-order valence-corrected chi connectivity index (χ1v) is 6.82. The number of hydrogen-bond acceptors (Lipinski definition) is 1. The van der Waals surface area contributed by atoms with E-state index >= 15 is 0 Å². The van der Waals surface area contributed by atoms with Crippen LogP contribution in [-0.2, 0) is 0 Å². The lowest BCUT2D eigenvalue weighted by Gasteiger charge is -2.27. The molecule has 1 amide bonds. The second-order valence-corrected chi connectivity index (χ2v) is 5.50. The zero-order chi connectivity index (χ0) is 11.5. The molecule has 2 rings (SSSR count). The van der Waals surface area contributed by atoms with E-state index in [2.05, 4.69) is 35.6 Å². The monoisotopic (exact) mass is 329 g/mol. The third-order valence-electron chi connectivity index (χ3n) is 3.00. The maximum absolute atomic E-state index is 12.3. The van der Waals surface area contributed by atoms with E-state index in [-0.39, 0.29) is 5.91 Å². The molecule has 86 valence electrons. The Balaban J connectivity index is 2.19. The fourth-order valence-electron chi connectivity index (χ4n) is 2.06. The average Bonchev–Trinajstić information content (AvgIpc) is 2.29. The maximum atomic E-state index is 12.3. The van der Waals surface area contributed by atoms with E-state index in [1.807, 2.05) is 17.0 Å². The lowest BCUT2D eigenvalue weighted by Crippen LogP contribution is -2.36. The Labute approximate surface area is 110 Å². The number of halogens is 1. The molecular formula is C13H16INO. The highest BCUT2D eigenvalue weighted by atomic mass is 127. The Bertz CT molecular complexity index is 397. The van der Waals surface area contributed by atoms with E-state index in [4.69, 9.17) is 0 Å². The Morgan fingerprint density at radius 3 is 2.56 bits per heavy atom. The number of rotatable bonds is 1. The first kappa shape index (κ1) is 11.9. The van der Waals surface area contributed by atoms with E-state index in [1.165, 1.54) is 12.0 Å². The largest absolute Gasteiger partial charge is 0.339 e. The smallest absolute Gasteiger partial charge is 0.254 e. The van der Waals surface area contributed by atoms with Crippen molar-refractivity contribution >= 4 is 28.5 Å². The van der Waals surface area contributed by atoms with Gasteiger partial charge in [0.05, 0.1) is 5.56 Å². The topological polar surface area (TPSA) is 20.3 Å². The van der Waals surface area contributed by atoms with E-state index in [0.717, 1.165) is 35.1 Å². The molecule has 2 nitrogen and oxygen atoms in total. The summed E-state index contributed by atoms with van der Waals surface area (Å²) in [4.78, 5) is 14.2. The average molecular weight is 329 g/mol. The molecule has 1 aromatic rings. The predicted molar refractivity (Wildman–Crippen MR) is 73.7 cm³/mol. The molecule has 1 aliphatic heterocycles. The third-order valence-corrected chi connectivity index (χ3v) is 3.89. The minimum atomic E-state index is 0.198. The molecular weight excluding hydrogens is 313 g/mol. The molecule has 0 spiro atoms. The second kappa shape index (κ2) is 5.17. The van der Waals surface area contributed by atoms with Crippen LogP contribution in [0.3, 0.4) is 0 Å². The minimum Gasteiger partial charge on any atom is -0.339 e. The highest BCUT2D eigenvalue weighted by Gasteiger charge is 2.19. The number of carbonyl (C=O) groups is 1. The van der Waals surface area contributed by atoms with Gasteiger partial charge in [0.1, 0.15) is 0 Å². The van der Waals surface area contributed by atoms with Gasteiger partial charge in [-0.2, -0.15) is 0 Å². The van der Waals surface area contributed by atoms with Crippen molar-refractivity contribution in [2.24, 2.45) is 0 Å². The second-order valence-electron chi connectivity index (χ2n) is 4.34. The molecule has 1 saturated heterocycles. The van der Waals surface area contributed by atoms with Crippen molar-refractivity contribution in [3.8, 4) is 0 Å². The Morgan fingerprint density at radius 2 is 1.94 bits per heavy atom. The number of piperidine rings is 1. The van der Waals surface area contributed by atoms with Crippen molar-refractivity contribution < 1.29 is 4.79 Å². The predicted octanol–water partition coefficient (Wildman–Crippen LogP) is 3.23. The van der Waals surface area contributed by atoms with Crippen LogP contribution in [0.5, 0.6) is 0 Å². The maximum Gasteiger partial charge on any atom is 0.254 e. The lowest BCUT2D eigenvalue weighted by atomic mass is 10.1. The Kier molecular flexibility index (Phi) is 3.84. The number of carbonyl (C=O) groups excluding carboxylic acids is 1. The van der Waals surface area contributed by atoms with Crippen molar-refractivity contribution in [1.29, 1.82) is 0 Å². The summed E-state index contributed by atoms with van der Waals surface area (Å²) in [6, 6.07) is 6.03. The number of nitrogens with zero attached hydrogens (tertiary/aromatic N) is 1. The van der Waals surface area contributed by atoms with Gasteiger partial charge in [0, 0.05) is 16.7 Å². The summed E-state index contributed by atoms with van der Waals surface area (Å²) in [5.74, 6) is 0.198. The minimum absolute atomic E-state index is 0.198. The molecule has 0 N–H and O–H groups in total. The summed E-state index contributed by atoms with van der Waals surface area (Å²) in [5, 5.41) is 0. The molecule has 0 aromatic heterocycles. The van der Waals surface area contributed by atoms with Crippen LogP contribution < -0.4 is 0 Å². The lowest BCUT2D eigenvalue weighted by molar-refractivity contribution is 0.0723. The standard InChI is InChI=1S/C13H16INO/c1-10-5-6-11(12(14)9-10)13(16)15-7-3-2-4-8-15/h5-6,9H,2-4,7-8H2,1H3. The van der Waals surface area contributed by atoms with E-state index in [9.17, 15) is 4.79 Å². The van der Waals surface area contributed by atoms with Gasteiger partial charge >= 0.3 is 0 Å². The third kappa shape index (κ3) is 2.56. The zero-order valence-corrected chi connectivity index (χ0v) is 11.7. The van der Waals surface area contributed by atoms with Crippen molar-refractivity contribution in [3.63, 3.8) is 0 Å². The van der Waals surface area contributed by atoms with Gasteiger partial charge in [-0.25, -0.2) is 0 Å². The van der Waals surface area contributed by atoms with Crippen LogP contribution in [0, 0.1) is 10.5 Å². The summed E-state index contributed by atoms with van der Waals surface area (Å²) in [5.41, 5.74) is 2.06. The van der Waals surface area contributed by atoms with Crippen molar-refractivity contribution in [2.75, 3.05) is 13.1 Å². The molecule has 16 heavy (non-hydrogen) atoms. The summed E-state index contributed by atoms with van der Waals surface area (Å²) in [6.45, 7) is 3.89. The first-order valence-electron chi connectivity index (χ1n) is 5.74. The Morgan fingerprint density at radius 1 is 1.25 bits per heavy atom. The molecule has 0 unspecified atom stereocenters. The summed E-state index contributed by atoms with van der Waals surface area (Å²) in [6.07, 6.45) is 3.55. The van der Waals surface area contributed by atoms with Crippen LogP contribution >= 0.6 is 22.6 Å². The highest BCUT2D eigenvalue weighted by Crippen LogP contribution is 2.18. The molecule has 0 bridgehead atoms. The number of aryl methyl sites for hydroxylation is 1. The summed E-state index contributed by atoms with van der Waals surface area (Å²) in [7, 11) is 0. The molecule has 3 heteroatoms. The van der Waals surface area contributed by atoms with Gasteiger partial charge in [0.25, 0.3) is 5.91 Å². The zero-order valence-electron chi connectivity index (χ0n) is 9.50. The Hall–Kier alpha value is -0.580. The van der Waals surface area contributed by atoms with Gasteiger partial charge in [-0.1, -0.05) is 11.6 Å². The van der Waals surface area contributed by atoms with Crippen molar-refractivity contribution in [2.45, 2.75) is 26.2 Å². The summed E-state index contributed by atoms with van der Waals surface area (Å²) < 4.78 is 1.06. The normalized spacial score (nSPS) is 16.2. The molecule has 0 aliphatic carbocycles. The van der Waals surface area contributed by atoms with Crippen molar-refractivity contribution in [3.05, 3.63) is 32.9 Å². The molecule has 0 atom stereocenters. The fourth-order valence-corrected chi connectivity index (χ4v) is 2.96. The molecule has 1 aliphatic rings. The van der Waals surface area contributed by atoms with E-state index < -0.39 is 0 Å². The molecule has 1 fully saturated rings. The van der Waals surface area contributed by atoms with Crippen LogP contribution in [0.2, 0.25) is 0 Å². The number of likely N-dealkylation sites (tertiary alicyclic amines) is 1. The van der Waals surface area contributed by atoms with Crippen molar-refractivity contribution in [1.82, 2.24) is 4.90 Å². The van der Waals surface area contributed by atoms with Gasteiger partial charge in [0.15, 0.2) is 0 Å². The summed E-state index contributed by atoms with van der Waals surface area (Å²) >= 11 is 2.25. The van der Waals surface area contributed by atoms with Crippen LogP contribution in [0.15, 0.2) is 18.2 Å².